The number of anilines is 1. The topological polar surface area (TPSA) is 65.8 Å². The number of nitrogens with one attached hydrogen (secondary N) is 1. The van der Waals surface area contributed by atoms with Crippen LogP contribution < -0.4 is 5.32 Å². The maximum absolute atomic E-state index is 4.86. The fourth-order valence-corrected chi connectivity index (χ4v) is 4.48. The Bertz CT molecular complexity index is 1030. The normalized spacial score (nSPS) is 16.8. The van der Waals surface area contributed by atoms with Crippen molar-refractivity contribution in [2.24, 2.45) is 10.1 Å². The lowest BCUT2D eigenvalue weighted by Crippen LogP contribution is -2.32. The van der Waals surface area contributed by atoms with Gasteiger partial charge in [0.2, 0.25) is 11.1 Å². The van der Waals surface area contributed by atoms with E-state index in [1.165, 1.54) is 22.5 Å². The number of benzene rings is 2. The molecule has 0 unspecified atom stereocenters. The third-order valence-electron chi connectivity index (χ3n) is 4.33. The van der Waals surface area contributed by atoms with Crippen LogP contribution in [-0.2, 0) is 6.54 Å². The molecule has 0 spiro atoms. The average molecular weight is 423 g/mol. The summed E-state index contributed by atoms with van der Waals surface area (Å²) in [6.45, 7) is 6.61. The lowest BCUT2D eigenvalue weighted by Gasteiger charge is -2.24. The molecule has 29 heavy (non-hydrogen) atoms. The number of aryl methyl sites for hydroxylation is 2. The molecule has 1 aliphatic heterocycles. The fraction of sp³-hybridized carbons (Fsp3) is 0.238. The van der Waals surface area contributed by atoms with Gasteiger partial charge in [-0.05, 0) is 31.9 Å². The van der Waals surface area contributed by atoms with E-state index in [2.05, 4.69) is 58.8 Å². The van der Waals surface area contributed by atoms with Gasteiger partial charge >= 0.3 is 0 Å². The molecule has 3 aromatic rings. The Kier molecular flexibility index (Phi) is 5.92. The number of hydrogen-bond acceptors (Lipinski definition) is 6. The fourth-order valence-electron chi connectivity index (χ4n) is 2.90. The van der Waals surface area contributed by atoms with Crippen molar-refractivity contribution in [1.82, 2.24) is 15.2 Å². The number of hydrazone groups is 1. The van der Waals surface area contributed by atoms with Gasteiger partial charge < -0.3 is 0 Å². The number of guanidine groups is 1. The van der Waals surface area contributed by atoms with E-state index in [1.54, 1.807) is 11.8 Å². The van der Waals surface area contributed by atoms with Crippen LogP contribution in [0, 0.1) is 13.8 Å². The highest BCUT2D eigenvalue weighted by Gasteiger charge is 2.31. The maximum Gasteiger partial charge on any atom is 0.222 e. The van der Waals surface area contributed by atoms with Crippen molar-refractivity contribution < 1.29 is 0 Å². The van der Waals surface area contributed by atoms with E-state index in [0.717, 1.165) is 15.6 Å². The van der Waals surface area contributed by atoms with E-state index in [-0.39, 0.29) is 5.37 Å². The van der Waals surface area contributed by atoms with Crippen LogP contribution in [0.3, 0.4) is 0 Å². The molecule has 0 radical (unpaired) electrons. The molecule has 4 rings (SSSR count). The smallest absolute Gasteiger partial charge is 0.222 e. The van der Waals surface area contributed by atoms with Crippen LogP contribution in [0.25, 0.3) is 0 Å². The summed E-state index contributed by atoms with van der Waals surface area (Å²) in [5, 5.41) is 21.0. The molecule has 1 atom stereocenters. The Labute approximate surface area is 178 Å². The first-order chi connectivity index (χ1) is 14.1. The van der Waals surface area contributed by atoms with E-state index < -0.39 is 0 Å². The van der Waals surface area contributed by atoms with Gasteiger partial charge in [-0.15, -0.1) is 10.2 Å². The SMILES string of the molecule is CC1=NN(C(=NCc2ccccc2)Nc2nnc(C)s2)[C@H](c2ccc(C)cc2)S1. The first-order valence-corrected chi connectivity index (χ1v) is 11.0. The highest BCUT2D eigenvalue weighted by Crippen LogP contribution is 2.39. The number of rotatable bonds is 4. The number of aliphatic imine (C=N–C) groups is 1. The van der Waals surface area contributed by atoms with E-state index in [0.29, 0.717) is 17.6 Å². The standard InChI is InChI=1S/C21H22N6S2/c1-14-9-11-18(12-10-14)19-27(26-16(3)28-19)20(23-21-25-24-15(2)29-21)22-13-17-7-5-4-6-8-17/h4-12,19H,13H2,1-3H3,(H,22,23,25)/t19-/m0/s1. The minimum atomic E-state index is 0.0200. The van der Waals surface area contributed by atoms with Crippen molar-refractivity contribution in [3.63, 3.8) is 0 Å². The highest BCUT2D eigenvalue weighted by molar-refractivity contribution is 8.14. The molecule has 0 bridgehead atoms. The molecule has 1 N–H and O–H groups in total. The Balaban J connectivity index is 1.66. The molecule has 8 heteroatoms. The Morgan fingerprint density at radius 3 is 2.48 bits per heavy atom. The second kappa shape index (κ2) is 8.75. The van der Waals surface area contributed by atoms with Gasteiger partial charge in [-0.25, -0.2) is 10.0 Å². The van der Waals surface area contributed by atoms with Crippen LogP contribution in [0.1, 0.15) is 34.0 Å². The minimum Gasteiger partial charge on any atom is -0.299 e. The molecular weight excluding hydrogens is 400 g/mol. The third-order valence-corrected chi connectivity index (χ3v) is 6.20. The number of hydrogen-bond donors (Lipinski definition) is 1. The molecule has 2 aromatic carbocycles. The summed E-state index contributed by atoms with van der Waals surface area (Å²) < 4.78 is 0. The zero-order valence-corrected chi connectivity index (χ0v) is 18.2. The van der Waals surface area contributed by atoms with Crippen LogP contribution in [0.15, 0.2) is 64.7 Å². The predicted octanol–water partition coefficient (Wildman–Crippen LogP) is 5.20. The van der Waals surface area contributed by atoms with Gasteiger partial charge in [0, 0.05) is 0 Å². The molecule has 0 fully saturated rings. The molecule has 148 valence electrons. The Morgan fingerprint density at radius 2 is 1.79 bits per heavy atom. The van der Waals surface area contributed by atoms with Gasteiger partial charge in [-0.2, -0.15) is 5.10 Å². The molecule has 0 aliphatic carbocycles. The Hall–Kier alpha value is -2.71. The molecule has 6 nitrogen and oxygen atoms in total. The summed E-state index contributed by atoms with van der Waals surface area (Å²) in [7, 11) is 0. The van der Waals surface area contributed by atoms with Crippen molar-refractivity contribution in [3.8, 4) is 0 Å². The van der Waals surface area contributed by atoms with Crippen LogP contribution >= 0.6 is 23.1 Å². The van der Waals surface area contributed by atoms with Gasteiger partial charge in [-0.3, -0.25) is 5.32 Å². The first-order valence-electron chi connectivity index (χ1n) is 9.31. The van der Waals surface area contributed by atoms with Gasteiger partial charge in [0.25, 0.3) is 0 Å². The van der Waals surface area contributed by atoms with E-state index >= 15 is 0 Å². The van der Waals surface area contributed by atoms with Gasteiger partial charge in [0.15, 0.2) is 0 Å². The van der Waals surface area contributed by atoms with Crippen molar-refractivity contribution in [1.29, 1.82) is 0 Å². The lowest BCUT2D eigenvalue weighted by atomic mass is 10.1. The van der Waals surface area contributed by atoms with Crippen molar-refractivity contribution in [2.45, 2.75) is 32.7 Å². The third kappa shape index (κ3) is 4.83. The summed E-state index contributed by atoms with van der Waals surface area (Å²) >= 11 is 3.22. The molecule has 1 aromatic heterocycles. The van der Waals surface area contributed by atoms with Crippen molar-refractivity contribution in [2.75, 3.05) is 5.32 Å². The van der Waals surface area contributed by atoms with Crippen molar-refractivity contribution >= 4 is 39.2 Å². The van der Waals surface area contributed by atoms with E-state index in [4.69, 9.17) is 10.1 Å². The average Bonchev–Trinajstić information content (AvgIpc) is 3.31. The molecule has 0 saturated heterocycles. The molecule has 2 heterocycles. The monoisotopic (exact) mass is 422 g/mol. The van der Waals surface area contributed by atoms with Crippen molar-refractivity contribution in [3.05, 3.63) is 76.3 Å². The first kappa shape index (κ1) is 19.6. The number of aromatic nitrogens is 2. The van der Waals surface area contributed by atoms with Crippen LogP contribution in [-0.4, -0.2) is 26.2 Å². The van der Waals surface area contributed by atoms with E-state index in [9.17, 15) is 0 Å². The molecule has 0 amide bonds. The van der Waals surface area contributed by atoms with Crippen LogP contribution in [0.4, 0.5) is 5.13 Å². The second-order valence-electron chi connectivity index (χ2n) is 6.72. The Morgan fingerprint density at radius 1 is 1.03 bits per heavy atom. The summed E-state index contributed by atoms with van der Waals surface area (Å²) in [5.74, 6) is 0.667. The number of thioether (sulfide) groups is 1. The maximum atomic E-state index is 4.86. The highest BCUT2D eigenvalue weighted by atomic mass is 32.2. The van der Waals surface area contributed by atoms with Gasteiger partial charge in [0.05, 0.1) is 11.6 Å². The summed E-state index contributed by atoms with van der Waals surface area (Å²) in [4.78, 5) is 4.86. The van der Waals surface area contributed by atoms with Crippen LogP contribution in [0.5, 0.6) is 0 Å². The zero-order chi connectivity index (χ0) is 20.2. The molecule has 1 aliphatic rings. The summed E-state index contributed by atoms with van der Waals surface area (Å²) in [6.07, 6.45) is 0. The summed E-state index contributed by atoms with van der Waals surface area (Å²) in [5.41, 5.74) is 3.56. The van der Waals surface area contributed by atoms with E-state index in [1.807, 2.05) is 37.1 Å². The van der Waals surface area contributed by atoms with Crippen LogP contribution in [0.2, 0.25) is 0 Å². The lowest BCUT2D eigenvalue weighted by molar-refractivity contribution is 0.435. The second-order valence-corrected chi connectivity index (χ2v) is 9.18. The minimum absolute atomic E-state index is 0.0200. The number of nitrogens with zero attached hydrogens (tertiary/aromatic N) is 5. The largest absolute Gasteiger partial charge is 0.299 e. The van der Waals surface area contributed by atoms with Gasteiger partial charge in [0.1, 0.15) is 10.4 Å². The quantitative estimate of drug-likeness (QED) is 0.462. The van der Waals surface area contributed by atoms with Gasteiger partial charge in [-0.1, -0.05) is 83.3 Å². The molecule has 0 saturated carbocycles. The zero-order valence-electron chi connectivity index (χ0n) is 16.5. The summed E-state index contributed by atoms with van der Waals surface area (Å²) in [6, 6.07) is 18.8. The molecular formula is C21H22N6S2. The predicted molar refractivity (Wildman–Crippen MR) is 122 cm³/mol.